The molecule has 0 N–H and O–H groups in total. The third-order valence-corrected chi connectivity index (χ3v) is 6.13. The van der Waals surface area contributed by atoms with Gasteiger partial charge in [0.1, 0.15) is 0 Å². The van der Waals surface area contributed by atoms with E-state index in [9.17, 15) is 0 Å². The molecule has 1 saturated carbocycles. The number of hydrogen-bond acceptors (Lipinski definition) is 5. The van der Waals surface area contributed by atoms with Crippen LogP contribution in [-0.4, -0.2) is 52.8 Å². The summed E-state index contributed by atoms with van der Waals surface area (Å²) in [5.74, 6) is 1.79. The summed E-state index contributed by atoms with van der Waals surface area (Å²) in [7, 11) is 0. The first-order chi connectivity index (χ1) is 12.2. The third kappa shape index (κ3) is 3.98. The van der Waals surface area contributed by atoms with E-state index in [1.807, 2.05) is 6.20 Å². The fraction of sp³-hybridized carbons (Fsp3) is 0.800. The molecule has 5 nitrogen and oxygen atoms in total. The fourth-order valence-electron chi connectivity index (χ4n) is 5.10. The maximum Gasteiger partial charge on any atom is 0.225 e. The number of likely N-dealkylation sites (tertiary alicyclic amines) is 1. The van der Waals surface area contributed by atoms with Crippen molar-refractivity contribution < 1.29 is 4.74 Å². The van der Waals surface area contributed by atoms with Crippen LogP contribution in [0.25, 0.3) is 0 Å². The molecule has 3 aliphatic rings. The standard InChI is InChI=1S/C20H32N4O/c1-15-12-24(13-16(2)25-15)20-21-10-9-18(22-20)14-23-11-5-7-17-6-3-4-8-19(17)23/h9-10,15-17,19H,3-8,11-14H2,1-2H3/t15-,16+,17-,19+/m0/s1. The monoisotopic (exact) mass is 344 g/mol. The number of ether oxygens (including phenoxy) is 1. The van der Waals surface area contributed by atoms with Gasteiger partial charge < -0.3 is 9.64 Å². The van der Waals surface area contributed by atoms with E-state index in [-0.39, 0.29) is 12.2 Å². The lowest BCUT2D eigenvalue weighted by atomic mass is 9.78. The summed E-state index contributed by atoms with van der Waals surface area (Å²) in [5, 5.41) is 0. The number of fused-ring (bicyclic) bond motifs is 1. The summed E-state index contributed by atoms with van der Waals surface area (Å²) in [6.07, 6.45) is 10.8. The molecule has 0 bridgehead atoms. The molecule has 138 valence electrons. The molecule has 1 aromatic heterocycles. The van der Waals surface area contributed by atoms with Gasteiger partial charge in [-0.2, -0.15) is 0 Å². The highest BCUT2D eigenvalue weighted by molar-refractivity contribution is 5.31. The van der Waals surface area contributed by atoms with Crippen LogP contribution in [0, 0.1) is 5.92 Å². The van der Waals surface area contributed by atoms with Crippen molar-refractivity contribution in [2.75, 3.05) is 24.5 Å². The summed E-state index contributed by atoms with van der Waals surface area (Å²) in [5.41, 5.74) is 1.17. The normalized spacial score (nSPS) is 33.9. The molecule has 1 aromatic rings. The van der Waals surface area contributed by atoms with Crippen molar-refractivity contribution in [3.8, 4) is 0 Å². The first-order valence-corrected chi connectivity index (χ1v) is 10.2. The number of nitrogens with zero attached hydrogens (tertiary/aromatic N) is 4. The predicted octanol–water partition coefficient (Wildman–Crippen LogP) is 3.24. The van der Waals surface area contributed by atoms with Crippen molar-refractivity contribution in [3.05, 3.63) is 18.0 Å². The van der Waals surface area contributed by atoms with Crippen LogP contribution in [0.2, 0.25) is 0 Å². The number of piperidine rings is 1. The van der Waals surface area contributed by atoms with E-state index in [2.05, 4.69) is 34.7 Å². The van der Waals surface area contributed by atoms with Gasteiger partial charge in [0, 0.05) is 31.9 Å². The number of anilines is 1. The van der Waals surface area contributed by atoms with E-state index in [0.717, 1.165) is 37.5 Å². The highest BCUT2D eigenvalue weighted by Crippen LogP contribution is 2.35. The largest absolute Gasteiger partial charge is 0.372 e. The van der Waals surface area contributed by atoms with Crippen molar-refractivity contribution in [1.82, 2.24) is 14.9 Å². The van der Waals surface area contributed by atoms with Crippen LogP contribution in [0.5, 0.6) is 0 Å². The second kappa shape index (κ2) is 7.58. The van der Waals surface area contributed by atoms with Crippen LogP contribution in [-0.2, 0) is 11.3 Å². The number of morpholine rings is 1. The minimum atomic E-state index is 0.237. The van der Waals surface area contributed by atoms with Gasteiger partial charge in [0.25, 0.3) is 0 Å². The Balaban J connectivity index is 1.46. The van der Waals surface area contributed by atoms with E-state index in [1.165, 1.54) is 50.8 Å². The lowest BCUT2D eigenvalue weighted by Crippen LogP contribution is -2.47. The summed E-state index contributed by atoms with van der Waals surface area (Å²) >= 11 is 0. The highest BCUT2D eigenvalue weighted by Gasteiger charge is 2.33. The molecule has 0 amide bonds. The maximum absolute atomic E-state index is 5.84. The summed E-state index contributed by atoms with van der Waals surface area (Å²) < 4.78 is 5.84. The topological polar surface area (TPSA) is 41.5 Å². The lowest BCUT2D eigenvalue weighted by molar-refractivity contribution is -0.00575. The SMILES string of the molecule is C[C@@H]1CN(c2nccc(CN3CCC[C@@H]4CCCC[C@H]43)n2)C[C@H](C)O1. The van der Waals surface area contributed by atoms with Crippen molar-refractivity contribution in [1.29, 1.82) is 0 Å². The molecule has 1 aliphatic carbocycles. The van der Waals surface area contributed by atoms with E-state index < -0.39 is 0 Å². The number of hydrogen-bond donors (Lipinski definition) is 0. The van der Waals surface area contributed by atoms with Crippen molar-refractivity contribution >= 4 is 5.95 Å². The lowest BCUT2D eigenvalue weighted by Gasteiger charge is -2.44. The predicted molar refractivity (Wildman–Crippen MR) is 99.6 cm³/mol. The molecule has 0 aromatic carbocycles. The summed E-state index contributed by atoms with van der Waals surface area (Å²) in [4.78, 5) is 14.4. The molecule has 3 heterocycles. The van der Waals surface area contributed by atoms with Crippen LogP contribution in [0.1, 0.15) is 58.1 Å². The van der Waals surface area contributed by atoms with E-state index in [4.69, 9.17) is 9.72 Å². The van der Waals surface area contributed by atoms with Crippen LogP contribution in [0.4, 0.5) is 5.95 Å². The number of aromatic nitrogens is 2. The molecule has 2 aliphatic heterocycles. The zero-order valence-electron chi connectivity index (χ0n) is 15.7. The molecular weight excluding hydrogens is 312 g/mol. The zero-order valence-corrected chi connectivity index (χ0v) is 15.7. The van der Waals surface area contributed by atoms with Gasteiger partial charge >= 0.3 is 0 Å². The second-order valence-corrected chi connectivity index (χ2v) is 8.23. The first-order valence-electron chi connectivity index (χ1n) is 10.2. The van der Waals surface area contributed by atoms with Crippen LogP contribution in [0.15, 0.2) is 12.3 Å². The molecule has 0 radical (unpaired) electrons. The van der Waals surface area contributed by atoms with Gasteiger partial charge in [-0.15, -0.1) is 0 Å². The van der Waals surface area contributed by atoms with Crippen LogP contribution >= 0.6 is 0 Å². The Morgan fingerprint density at radius 3 is 2.68 bits per heavy atom. The Kier molecular flexibility index (Phi) is 5.23. The van der Waals surface area contributed by atoms with Gasteiger partial charge in [0.05, 0.1) is 17.9 Å². The Labute approximate surface area is 151 Å². The molecule has 5 heteroatoms. The third-order valence-electron chi connectivity index (χ3n) is 6.13. The van der Waals surface area contributed by atoms with Gasteiger partial charge in [-0.05, 0) is 58.1 Å². The summed E-state index contributed by atoms with van der Waals surface area (Å²) in [6, 6.07) is 2.88. The first kappa shape index (κ1) is 17.2. The van der Waals surface area contributed by atoms with Gasteiger partial charge in [-0.3, -0.25) is 4.90 Å². The van der Waals surface area contributed by atoms with E-state index >= 15 is 0 Å². The minimum absolute atomic E-state index is 0.237. The molecule has 0 unspecified atom stereocenters. The molecule has 3 fully saturated rings. The van der Waals surface area contributed by atoms with Gasteiger partial charge in [0.2, 0.25) is 5.95 Å². The average molecular weight is 345 g/mol. The van der Waals surface area contributed by atoms with Gasteiger partial charge in [0.15, 0.2) is 0 Å². The Morgan fingerprint density at radius 1 is 1.08 bits per heavy atom. The van der Waals surface area contributed by atoms with Gasteiger partial charge in [-0.1, -0.05) is 12.8 Å². The van der Waals surface area contributed by atoms with E-state index in [0.29, 0.717) is 0 Å². The van der Waals surface area contributed by atoms with Crippen LogP contribution < -0.4 is 4.90 Å². The molecule has 2 saturated heterocycles. The van der Waals surface area contributed by atoms with Crippen molar-refractivity contribution in [2.45, 2.75) is 77.2 Å². The highest BCUT2D eigenvalue weighted by atomic mass is 16.5. The Morgan fingerprint density at radius 2 is 1.84 bits per heavy atom. The fourth-order valence-corrected chi connectivity index (χ4v) is 5.10. The molecule has 4 atom stereocenters. The molecule has 4 rings (SSSR count). The Hall–Kier alpha value is -1.20. The Bertz CT molecular complexity index is 569. The molecular formula is C20H32N4O. The van der Waals surface area contributed by atoms with E-state index in [1.54, 1.807) is 0 Å². The van der Waals surface area contributed by atoms with Crippen molar-refractivity contribution in [3.63, 3.8) is 0 Å². The number of rotatable bonds is 3. The van der Waals surface area contributed by atoms with Crippen molar-refractivity contribution in [2.24, 2.45) is 5.92 Å². The smallest absolute Gasteiger partial charge is 0.225 e. The maximum atomic E-state index is 5.84. The van der Waals surface area contributed by atoms with Crippen LogP contribution in [0.3, 0.4) is 0 Å². The quantitative estimate of drug-likeness (QED) is 0.842. The zero-order chi connectivity index (χ0) is 17.2. The minimum Gasteiger partial charge on any atom is -0.372 e. The summed E-state index contributed by atoms with van der Waals surface area (Å²) in [6.45, 7) is 8.22. The van der Waals surface area contributed by atoms with Gasteiger partial charge in [-0.25, -0.2) is 9.97 Å². The molecule has 0 spiro atoms. The molecule has 25 heavy (non-hydrogen) atoms. The second-order valence-electron chi connectivity index (χ2n) is 8.23. The average Bonchev–Trinajstić information content (AvgIpc) is 2.61.